The second kappa shape index (κ2) is 8.79. The second-order valence-corrected chi connectivity index (χ2v) is 6.83. The van der Waals surface area contributed by atoms with Gasteiger partial charge in [0.2, 0.25) is 5.91 Å². The number of methoxy groups -OCH3 is 1. The summed E-state index contributed by atoms with van der Waals surface area (Å²) in [6, 6.07) is 8.05. The molecule has 1 N–H and O–H groups in total. The lowest BCUT2D eigenvalue weighted by atomic mass is 9.95. The summed E-state index contributed by atoms with van der Waals surface area (Å²) in [7, 11) is 3.54. The highest BCUT2D eigenvalue weighted by atomic mass is 16.5. The van der Waals surface area contributed by atoms with Gasteiger partial charge in [0.25, 0.3) is 0 Å². The fraction of sp³-hybridized carbons (Fsp3) is 0.611. The second-order valence-electron chi connectivity index (χ2n) is 6.83. The Bertz CT molecular complexity index is 449. The molecule has 0 fully saturated rings. The van der Waals surface area contributed by atoms with E-state index in [-0.39, 0.29) is 11.3 Å². The summed E-state index contributed by atoms with van der Waals surface area (Å²) in [5.41, 5.74) is 1.33. The van der Waals surface area contributed by atoms with Crippen molar-refractivity contribution in [1.82, 2.24) is 10.2 Å². The van der Waals surface area contributed by atoms with Crippen LogP contribution in [0.15, 0.2) is 24.3 Å². The van der Waals surface area contributed by atoms with Crippen molar-refractivity contribution in [2.75, 3.05) is 33.8 Å². The minimum atomic E-state index is 0.106. The smallest absolute Gasteiger partial charge is 0.223 e. The van der Waals surface area contributed by atoms with Crippen molar-refractivity contribution < 1.29 is 9.53 Å². The van der Waals surface area contributed by atoms with Gasteiger partial charge in [-0.05, 0) is 36.6 Å². The largest absolute Gasteiger partial charge is 0.497 e. The van der Waals surface area contributed by atoms with Crippen LogP contribution in [0, 0.1) is 5.41 Å². The molecule has 0 aliphatic heterocycles. The number of carbonyl (C=O) groups is 1. The molecule has 0 saturated heterocycles. The van der Waals surface area contributed by atoms with Crippen LogP contribution >= 0.6 is 0 Å². The Labute approximate surface area is 134 Å². The first-order valence-corrected chi connectivity index (χ1v) is 7.91. The molecule has 124 valence electrons. The van der Waals surface area contributed by atoms with Crippen molar-refractivity contribution in [3.63, 3.8) is 0 Å². The molecule has 0 atom stereocenters. The topological polar surface area (TPSA) is 41.6 Å². The Morgan fingerprint density at radius 1 is 1.23 bits per heavy atom. The first kappa shape index (κ1) is 18.5. The fourth-order valence-electron chi connectivity index (χ4n) is 2.31. The Morgan fingerprint density at radius 3 is 2.36 bits per heavy atom. The lowest BCUT2D eigenvalue weighted by molar-refractivity contribution is -0.132. The molecule has 0 radical (unpaired) electrons. The van der Waals surface area contributed by atoms with E-state index in [2.05, 4.69) is 38.2 Å². The number of amides is 1. The van der Waals surface area contributed by atoms with E-state index in [9.17, 15) is 4.79 Å². The Hall–Kier alpha value is -1.55. The molecule has 0 aromatic heterocycles. The molecule has 0 spiro atoms. The molecule has 0 heterocycles. The van der Waals surface area contributed by atoms with E-state index in [1.807, 2.05) is 24.1 Å². The summed E-state index contributed by atoms with van der Waals surface area (Å²) < 4.78 is 5.17. The molecule has 4 nitrogen and oxygen atoms in total. The van der Waals surface area contributed by atoms with Gasteiger partial charge in [-0.1, -0.05) is 32.9 Å². The van der Waals surface area contributed by atoms with Crippen molar-refractivity contribution in [1.29, 1.82) is 0 Å². The average Bonchev–Trinajstić information content (AvgIpc) is 2.48. The first-order chi connectivity index (χ1) is 10.4. The highest BCUT2D eigenvalue weighted by Crippen LogP contribution is 2.17. The Morgan fingerprint density at radius 2 is 1.86 bits per heavy atom. The maximum Gasteiger partial charge on any atom is 0.223 e. The normalized spacial score (nSPS) is 11.3. The van der Waals surface area contributed by atoms with Gasteiger partial charge in [-0.25, -0.2) is 0 Å². The van der Waals surface area contributed by atoms with Crippen LogP contribution in [0.3, 0.4) is 0 Å². The standard InChI is InChI=1S/C18H30N2O2/c1-18(2,3)14-20(17(21)10-12-19-4)13-11-15-6-8-16(22-5)9-7-15/h6-9,19H,10-14H2,1-5H3. The third-order valence-corrected chi connectivity index (χ3v) is 3.44. The zero-order chi connectivity index (χ0) is 16.6. The van der Waals surface area contributed by atoms with Crippen LogP contribution in [0.25, 0.3) is 0 Å². The van der Waals surface area contributed by atoms with Crippen molar-refractivity contribution in [2.24, 2.45) is 5.41 Å². The van der Waals surface area contributed by atoms with Crippen LogP contribution in [0.2, 0.25) is 0 Å². The lowest BCUT2D eigenvalue weighted by Gasteiger charge is -2.30. The summed E-state index contributed by atoms with van der Waals surface area (Å²) in [6.07, 6.45) is 1.42. The van der Waals surface area contributed by atoms with E-state index < -0.39 is 0 Å². The number of hydrogen-bond acceptors (Lipinski definition) is 3. The van der Waals surface area contributed by atoms with Gasteiger partial charge in [-0.15, -0.1) is 0 Å². The highest BCUT2D eigenvalue weighted by molar-refractivity contribution is 5.76. The maximum absolute atomic E-state index is 12.4. The first-order valence-electron chi connectivity index (χ1n) is 7.91. The fourth-order valence-corrected chi connectivity index (χ4v) is 2.31. The number of carbonyl (C=O) groups excluding carboxylic acids is 1. The van der Waals surface area contributed by atoms with Gasteiger partial charge in [-0.3, -0.25) is 4.79 Å². The molecule has 22 heavy (non-hydrogen) atoms. The quantitative estimate of drug-likeness (QED) is 0.803. The molecular weight excluding hydrogens is 276 g/mol. The summed E-state index contributed by atoms with van der Waals surface area (Å²) in [5.74, 6) is 1.08. The van der Waals surface area contributed by atoms with Crippen LogP contribution in [0.5, 0.6) is 5.75 Å². The van der Waals surface area contributed by atoms with E-state index in [0.717, 1.165) is 31.8 Å². The van der Waals surface area contributed by atoms with Gasteiger partial charge in [0.15, 0.2) is 0 Å². The van der Waals surface area contributed by atoms with Gasteiger partial charge in [-0.2, -0.15) is 0 Å². The van der Waals surface area contributed by atoms with Crippen molar-refractivity contribution in [2.45, 2.75) is 33.6 Å². The summed E-state index contributed by atoms with van der Waals surface area (Å²) in [4.78, 5) is 14.4. The third-order valence-electron chi connectivity index (χ3n) is 3.44. The van der Waals surface area contributed by atoms with Crippen LogP contribution in [-0.4, -0.2) is 44.6 Å². The molecule has 0 bridgehead atoms. The van der Waals surface area contributed by atoms with E-state index in [1.165, 1.54) is 5.56 Å². The molecule has 4 heteroatoms. The molecule has 0 saturated carbocycles. The zero-order valence-electron chi connectivity index (χ0n) is 14.6. The average molecular weight is 306 g/mol. The molecular formula is C18H30N2O2. The molecule has 0 aliphatic rings. The van der Waals surface area contributed by atoms with Crippen molar-refractivity contribution in [3.05, 3.63) is 29.8 Å². The van der Waals surface area contributed by atoms with Crippen molar-refractivity contribution >= 4 is 5.91 Å². The molecule has 0 unspecified atom stereocenters. The van der Waals surface area contributed by atoms with Crippen molar-refractivity contribution in [3.8, 4) is 5.75 Å². The molecule has 1 aromatic carbocycles. The maximum atomic E-state index is 12.4. The molecule has 1 amide bonds. The zero-order valence-corrected chi connectivity index (χ0v) is 14.6. The monoisotopic (exact) mass is 306 g/mol. The van der Waals surface area contributed by atoms with E-state index in [1.54, 1.807) is 7.11 Å². The van der Waals surface area contributed by atoms with E-state index >= 15 is 0 Å². The Balaban J connectivity index is 2.64. The predicted octanol–water partition coefficient (Wildman–Crippen LogP) is 2.72. The van der Waals surface area contributed by atoms with Gasteiger partial charge in [0.05, 0.1) is 7.11 Å². The van der Waals surface area contributed by atoms with Crippen LogP contribution < -0.4 is 10.1 Å². The van der Waals surface area contributed by atoms with E-state index in [0.29, 0.717) is 6.42 Å². The minimum absolute atomic E-state index is 0.106. The van der Waals surface area contributed by atoms with Crippen LogP contribution in [0.1, 0.15) is 32.8 Å². The number of ether oxygens (including phenoxy) is 1. The SMILES string of the molecule is CNCCC(=O)N(CCc1ccc(OC)cc1)CC(C)(C)C. The number of benzene rings is 1. The summed E-state index contributed by atoms with van der Waals surface area (Å²) >= 11 is 0. The lowest BCUT2D eigenvalue weighted by Crippen LogP contribution is -2.40. The van der Waals surface area contributed by atoms with Gasteiger partial charge in [0, 0.05) is 26.1 Å². The van der Waals surface area contributed by atoms with Crippen LogP contribution in [-0.2, 0) is 11.2 Å². The van der Waals surface area contributed by atoms with Gasteiger partial charge < -0.3 is 15.0 Å². The molecule has 1 rings (SSSR count). The van der Waals surface area contributed by atoms with Crippen LogP contribution in [0.4, 0.5) is 0 Å². The third kappa shape index (κ3) is 6.94. The number of rotatable bonds is 8. The minimum Gasteiger partial charge on any atom is -0.497 e. The van der Waals surface area contributed by atoms with Gasteiger partial charge in [0.1, 0.15) is 5.75 Å². The summed E-state index contributed by atoms with van der Waals surface area (Å²) in [6.45, 7) is 8.76. The number of nitrogens with one attached hydrogen (secondary N) is 1. The number of nitrogens with zero attached hydrogens (tertiary/aromatic N) is 1. The predicted molar refractivity (Wildman–Crippen MR) is 91.3 cm³/mol. The molecule has 0 aliphatic carbocycles. The van der Waals surface area contributed by atoms with Gasteiger partial charge >= 0.3 is 0 Å². The van der Waals surface area contributed by atoms with E-state index in [4.69, 9.17) is 4.74 Å². The Kier molecular flexibility index (Phi) is 7.39. The summed E-state index contributed by atoms with van der Waals surface area (Å²) in [5, 5.41) is 3.04. The number of hydrogen-bond donors (Lipinski definition) is 1. The highest BCUT2D eigenvalue weighted by Gasteiger charge is 2.20. The molecule has 1 aromatic rings.